The molecule has 0 saturated carbocycles. The minimum atomic E-state index is -5.06. The molecule has 0 spiro atoms. The fourth-order valence-electron chi connectivity index (χ4n) is 1.79. The molecule has 0 unspecified atom stereocenters. The molecule has 0 fully saturated rings. The van der Waals surface area contributed by atoms with Crippen molar-refractivity contribution in [3.05, 3.63) is 47.4 Å². The molecule has 9 heteroatoms. The van der Waals surface area contributed by atoms with Crippen molar-refractivity contribution in [3.8, 4) is 10.4 Å². The van der Waals surface area contributed by atoms with E-state index in [2.05, 4.69) is 0 Å². The normalized spacial score (nSPS) is 13.1. The molecule has 0 aliphatic carbocycles. The number of aliphatic hydroxyl groups excluding tert-OH is 1. The fourth-order valence-corrected chi connectivity index (χ4v) is 3.37. The highest BCUT2D eigenvalue weighted by molar-refractivity contribution is 7.90. The van der Waals surface area contributed by atoms with Gasteiger partial charge in [-0.15, -0.1) is 11.3 Å². The number of hydrogen-bond donors (Lipinski definition) is 1. The van der Waals surface area contributed by atoms with Crippen molar-refractivity contribution in [1.29, 1.82) is 0 Å². The molecular weight excluding hydrogens is 365 g/mol. The van der Waals surface area contributed by atoms with Gasteiger partial charge >= 0.3 is 6.18 Å². The Hall–Kier alpha value is -2.13. The smallest absolute Gasteiger partial charge is 0.454 e. The van der Waals surface area contributed by atoms with Crippen molar-refractivity contribution in [2.75, 3.05) is 6.26 Å². The Balaban J connectivity index is 2.35. The molecule has 0 radical (unpaired) electrons. The summed E-state index contributed by atoms with van der Waals surface area (Å²) in [4.78, 5) is 11.6. The largest absolute Gasteiger partial charge is 0.506 e. The molecule has 0 atom stereocenters. The van der Waals surface area contributed by atoms with Gasteiger partial charge in [0.15, 0.2) is 9.84 Å². The van der Waals surface area contributed by atoms with Crippen LogP contribution in [0.4, 0.5) is 13.2 Å². The van der Waals surface area contributed by atoms with Gasteiger partial charge in [0.05, 0.1) is 9.77 Å². The van der Waals surface area contributed by atoms with E-state index in [0.29, 0.717) is 10.4 Å². The highest BCUT2D eigenvalue weighted by Gasteiger charge is 2.37. The molecule has 2 aromatic rings. The predicted octanol–water partition coefficient (Wildman–Crippen LogP) is 3.85. The van der Waals surface area contributed by atoms with Gasteiger partial charge in [-0.25, -0.2) is 8.42 Å². The number of sulfone groups is 1. The second-order valence-electron chi connectivity index (χ2n) is 4.86. The van der Waals surface area contributed by atoms with E-state index in [4.69, 9.17) is 0 Å². The highest BCUT2D eigenvalue weighted by atomic mass is 32.2. The maximum atomic E-state index is 12.2. The second-order valence-corrected chi connectivity index (χ2v) is 7.95. The zero-order valence-corrected chi connectivity index (χ0v) is 13.8. The quantitative estimate of drug-likeness (QED) is 0.650. The van der Waals surface area contributed by atoms with Crippen LogP contribution in [0.15, 0.2) is 47.4 Å². The van der Waals surface area contributed by atoms with Crippen LogP contribution >= 0.6 is 11.3 Å². The van der Waals surface area contributed by atoms with Crippen molar-refractivity contribution in [2.45, 2.75) is 11.1 Å². The van der Waals surface area contributed by atoms with E-state index in [1.807, 2.05) is 0 Å². The first-order valence-corrected chi connectivity index (χ1v) is 9.12. The number of rotatable bonds is 4. The molecule has 0 saturated heterocycles. The lowest BCUT2D eigenvalue weighted by molar-refractivity contribution is -0.165. The Kier molecular flexibility index (Phi) is 4.86. The summed E-state index contributed by atoms with van der Waals surface area (Å²) >= 11 is 0.933. The van der Waals surface area contributed by atoms with E-state index in [0.717, 1.165) is 17.6 Å². The Morgan fingerprint density at radius 1 is 1.21 bits per heavy atom. The van der Waals surface area contributed by atoms with Crippen LogP contribution in [0.25, 0.3) is 16.2 Å². The van der Waals surface area contributed by atoms with Gasteiger partial charge in [-0.3, -0.25) is 4.79 Å². The third-order valence-corrected chi connectivity index (χ3v) is 5.22. The standard InChI is InChI=1S/C15H11F3O4S2/c1-24(21,22)10-4-2-3-9(7-10)12-5-6-13(23-12)11(19)8-14(20)15(16,17)18/h2-8,19H,1H3/b11-8-. The molecule has 1 N–H and O–H groups in total. The number of alkyl halides is 3. The van der Waals surface area contributed by atoms with Crippen LogP contribution in [-0.2, 0) is 14.6 Å². The van der Waals surface area contributed by atoms with E-state index in [9.17, 15) is 31.5 Å². The van der Waals surface area contributed by atoms with Crippen LogP contribution in [-0.4, -0.2) is 31.7 Å². The molecule has 4 nitrogen and oxygen atoms in total. The number of aliphatic hydroxyl groups is 1. The lowest BCUT2D eigenvalue weighted by Gasteiger charge is -2.02. The van der Waals surface area contributed by atoms with Gasteiger partial charge in [0.1, 0.15) is 5.76 Å². The van der Waals surface area contributed by atoms with Gasteiger partial charge in [0, 0.05) is 17.2 Å². The van der Waals surface area contributed by atoms with Gasteiger partial charge in [0.25, 0.3) is 5.78 Å². The van der Waals surface area contributed by atoms with Gasteiger partial charge < -0.3 is 5.11 Å². The number of carbonyl (C=O) groups excluding carboxylic acids is 1. The number of halogens is 3. The summed E-state index contributed by atoms with van der Waals surface area (Å²) in [6.45, 7) is 0. The number of carbonyl (C=O) groups is 1. The topological polar surface area (TPSA) is 71.4 Å². The number of benzene rings is 1. The summed E-state index contributed by atoms with van der Waals surface area (Å²) in [6.07, 6.45) is -3.89. The second kappa shape index (κ2) is 6.40. The molecule has 0 bridgehead atoms. The van der Waals surface area contributed by atoms with E-state index >= 15 is 0 Å². The van der Waals surface area contributed by atoms with Crippen molar-refractivity contribution in [3.63, 3.8) is 0 Å². The molecule has 2 rings (SSSR count). The van der Waals surface area contributed by atoms with E-state index < -0.39 is 27.6 Å². The van der Waals surface area contributed by atoms with Crippen LogP contribution in [0.5, 0.6) is 0 Å². The average Bonchev–Trinajstić information content (AvgIpc) is 2.95. The van der Waals surface area contributed by atoms with Gasteiger partial charge in [-0.2, -0.15) is 13.2 Å². The molecule has 1 heterocycles. The molecular formula is C15H11F3O4S2. The molecule has 0 amide bonds. The maximum absolute atomic E-state index is 12.2. The van der Waals surface area contributed by atoms with Crippen molar-refractivity contribution in [1.82, 2.24) is 0 Å². The van der Waals surface area contributed by atoms with Gasteiger partial charge in [0.2, 0.25) is 0 Å². The van der Waals surface area contributed by atoms with Crippen molar-refractivity contribution < 1.29 is 31.5 Å². The summed E-state index contributed by atoms with van der Waals surface area (Å²) in [5, 5.41) is 9.65. The zero-order valence-electron chi connectivity index (χ0n) is 12.2. The number of hydrogen-bond acceptors (Lipinski definition) is 5. The molecule has 1 aromatic heterocycles. The van der Waals surface area contributed by atoms with E-state index in [-0.39, 0.29) is 15.8 Å². The number of thiophene rings is 1. The lowest BCUT2D eigenvalue weighted by atomic mass is 10.2. The zero-order chi connectivity index (χ0) is 18.1. The van der Waals surface area contributed by atoms with Crippen molar-refractivity contribution in [2.24, 2.45) is 0 Å². The molecule has 24 heavy (non-hydrogen) atoms. The molecule has 128 valence electrons. The Morgan fingerprint density at radius 3 is 2.46 bits per heavy atom. The minimum absolute atomic E-state index is 0.0624. The Morgan fingerprint density at radius 2 is 1.88 bits per heavy atom. The monoisotopic (exact) mass is 376 g/mol. The molecule has 0 aliphatic rings. The van der Waals surface area contributed by atoms with Gasteiger partial charge in [-0.1, -0.05) is 12.1 Å². The summed E-state index contributed by atoms with van der Waals surface area (Å²) in [5.41, 5.74) is 0.532. The lowest BCUT2D eigenvalue weighted by Crippen LogP contribution is -2.20. The van der Waals surface area contributed by atoms with Crippen LogP contribution in [0.3, 0.4) is 0 Å². The first kappa shape index (κ1) is 18.2. The highest BCUT2D eigenvalue weighted by Crippen LogP contribution is 2.32. The third-order valence-electron chi connectivity index (χ3n) is 2.95. The number of allylic oxidation sites excluding steroid dienone is 1. The van der Waals surface area contributed by atoms with Crippen LogP contribution in [0, 0.1) is 0 Å². The van der Waals surface area contributed by atoms with E-state index in [1.165, 1.54) is 30.3 Å². The number of ketones is 1. The van der Waals surface area contributed by atoms with Crippen LogP contribution in [0.1, 0.15) is 4.88 Å². The Labute approximate surface area is 139 Å². The summed E-state index contributed by atoms with van der Waals surface area (Å²) in [5.74, 6) is -2.96. The molecule has 0 aliphatic heterocycles. The first-order valence-electron chi connectivity index (χ1n) is 6.41. The Bertz CT molecular complexity index is 909. The van der Waals surface area contributed by atoms with Crippen LogP contribution in [0.2, 0.25) is 0 Å². The SMILES string of the molecule is CS(=O)(=O)c1cccc(-c2ccc(/C(O)=C/C(=O)C(F)(F)F)s2)c1. The summed E-state index contributed by atoms with van der Waals surface area (Å²) in [6, 6.07) is 8.88. The summed E-state index contributed by atoms with van der Waals surface area (Å²) in [7, 11) is -3.40. The minimum Gasteiger partial charge on any atom is -0.506 e. The summed E-state index contributed by atoms with van der Waals surface area (Å²) < 4.78 is 59.7. The molecule has 1 aromatic carbocycles. The fraction of sp³-hybridized carbons (Fsp3) is 0.133. The van der Waals surface area contributed by atoms with Crippen LogP contribution < -0.4 is 0 Å². The average molecular weight is 376 g/mol. The third kappa shape index (κ3) is 4.24. The van der Waals surface area contributed by atoms with Gasteiger partial charge in [-0.05, 0) is 29.8 Å². The predicted molar refractivity (Wildman–Crippen MR) is 84.5 cm³/mol. The van der Waals surface area contributed by atoms with Crippen molar-refractivity contribution >= 4 is 32.7 Å². The first-order chi connectivity index (χ1) is 11.0. The van der Waals surface area contributed by atoms with E-state index in [1.54, 1.807) is 6.07 Å². The maximum Gasteiger partial charge on any atom is 0.454 e.